The average Bonchev–Trinajstić information content (AvgIpc) is 2.78. The molecule has 0 spiro atoms. The van der Waals surface area contributed by atoms with Crippen LogP contribution in [0.4, 0.5) is 20.7 Å². The van der Waals surface area contributed by atoms with Gasteiger partial charge in [0, 0.05) is 18.5 Å². The number of carbonyl (C=O) groups excluding carboxylic acids is 1. The third-order valence-electron chi connectivity index (χ3n) is 5.10. The number of anilines is 2. The molecular formula is C24H23Cl2FN4O2. The van der Waals surface area contributed by atoms with Crippen LogP contribution in [-0.4, -0.2) is 39.7 Å². The molecule has 1 aromatic heterocycles. The van der Waals surface area contributed by atoms with Crippen molar-refractivity contribution in [2.45, 2.75) is 32.8 Å². The molecule has 0 radical (unpaired) electrons. The van der Waals surface area contributed by atoms with Gasteiger partial charge in [-0.25, -0.2) is 19.2 Å². The number of nitrogens with zero attached hydrogens (tertiary/aromatic N) is 3. The molecule has 0 aliphatic carbocycles. The molecule has 2 aromatic carbocycles. The van der Waals surface area contributed by atoms with E-state index in [1.165, 1.54) is 18.5 Å². The molecule has 33 heavy (non-hydrogen) atoms. The Kier molecular flexibility index (Phi) is 6.45. The van der Waals surface area contributed by atoms with Crippen LogP contribution in [0.5, 0.6) is 0 Å². The first kappa shape index (κ1) is 23.3. The van der Waals surface area contributed by atoms with Gasteiger partial charge in [0.15, 0.2) is 5.82 Å². The predicted octanol–water partition coefficient (Wildman–Crippen LogP) is 6.84. The quantitative estimate of drug-likeness (QED) is 0.408. The Balaban J connectivity index is 1.64. The number of hydrogen-bond acceptors (Lipinski definition) is 5. The molecule has 1 amide bonds. The van der Waals surface area contributed by atoms with E-state index in [9.17, 15) is 9.18 Å². The standard InChI is InChI=1S/C24H23Cl2FN4O2/c1-24(2,3)33-23(32)31-10-4-5-15(12-31)14-6-8-18-16(11-14)22(29-13-28-18)30-19-9-7-17(25)20(26)21(19)27/h5-9,11,13H,4,10,12H2,1-3H3,(H,28,29,30). The molecule has 4 rings (SSSR count). The lowest BCUT2D eigenvalue weighted by Gasteiger charge is -2.30. The summed E-state index contributed by atoms with van der Waals surface area (Å²) in [6.45, 7) is 6.57. The molecule has 3 aromatic rings. The Labute approximate surface area is 201 Å². The second kappa shape index (κ2) is 9.15. The van der Waals surface area contributed by atoms with Crippen molar-refractivity contribution in [2.24, 2.45) is 0 Å². The summed E-state index contributed by atoms with van der Waals surface area (Å²) in [5, 5.41) is 3.67. The van der Waals surface area contributed by atoms with E-state index in [-0.39, 0.29) is 21.8 Å². The monoisotopic (exact) mass is 488 g/mol. The van der Waals surface area contributed by atoms with E-state index < -0.39 is 11.4 Å². The zero-order valence-electron chi connectivity index (χ0n) is 18.5. The van der Waals surface area contributed by atoms with Gasteiger partial charge < -0.3 is 15.0 Å². The largest absolute Gasteiger partial charge is 0.444 e. The van der Waals surface area contributed by atoms with Gasteiger partial charge in [0.2, 0.25) is 0 Å². The van der Waals surface area contributed by atoms with Gasteiger partial charge in [-0.05, 0) is 62.6 Å². The molecule has 9 heteroatoms. The molecule has 0 atom stereocenters. The van der Waals surface area contributed by atoms with E-state index in [4.69, 9.17) is 27.9 Å². The van der Waals surface area contributed by atoms with Crippen LogP contribution in [0.3, 0.4) is 0 Å². The van der Waals surface area contributed by atoms with Crippen molar-refractivity contribution >= 4 is 57.3 Å². The van der Waals surface area contributed by atoms with Gasteiger partial charge in [0.25, 0.3) is 0 Å². The summed E-state index contributed by atoms with van der Waals surface area (Å²) < 4.78 is 20.1. The van der Waals surface area contributed by atoms with Crippen LogP contribution in [0, 0.1) is 5.82 Å². The highest BCUT2D eigenvalue weighted by molar-refractivity contribution is 6.42. The van der Waals surface area contributed by atoms with Crippen LogP contribution < -0.4 is 5.32 Å². The number of hydrogen-bond donors (Lipinski definition) is 1. The molecule has 0 saturated carbocycles. The van der Waals surface area contributed by atoms with E-state index in [2.05, 4.69) is 21.4 Å². The zero-order valence-corrected chi connectivity index (χ0v) is 20.0. The van der Waals surface area contributed by atoms with Crippen molar-refractivity contribution in [3.8, 4) is 0 Å². The summed E-state index contributed by atoms with van der Waals surface area (Å²) in [7, 11) is 0. The highest BCUT2D eigenvalue weighted by Gasteiger charge is 2.25. The van der Waals surface area contributed by atoms with Gasteiger partial charge in [0.1, 0.15) is 17.7 Å². The summed E-state index contributed by atoms with van der Waals surface area (Å²) in [5.74, 6) is -0.227. The molecule has 0 saturated heterocycles. The second-order valence-electron chi connectivity index (χ2n) is 8.72. The number of rotatable bonds is 3. The van der Waals surface area contributed by atoms with E-state index in [1.54, 1.807) is 4.90 Å². The maximum Gasteiger partial charge on any atom is 0.410 e. The highest BCUT2D eigenvalue weighted by Crippen LogP contribution is 2.33. The molecular weight excluding hydrogens is 466 g/mol. The number of ether oxygens (including phenoxy) is 1. The van der Waals surface area contributed by atoms with Crippen LogP contribution in [0.2, 0.25) is 10.0 Å². The summed E-state index contributed by atoms with van der Waals surface area (Å²) >= 11 is 11.8. The molecule has 0 unspecified atom stereocenters. The normalized spacial score (nSPS) is 14.2. The van der Waals surface area contributed by atoms with Crippen molar-refractivity contribution in [1.82, 2.24) is 14.9 Å². The first-order valence-electron chi connectivity index (χ1n) is 10.4. The van der Waals surface area contributed by atoms with Gasteiger partial charge in [-0.2, -0.15) is 0 Å². The number of benzene rings is 2. The topological polar surface area (TPSA) is 67.3 Å². The van der Waals surface area contributed by atoms with Crippen LogP contribution in [-0.2, 0) is 4.74 Å². The molecule has 0 fully saturated rings. The molecule has 2 heterocycles. The maximum absolute atomic E-state index is 14.6. The lowest BCUT2D eigenvalue weighted by molar-refractivity contribution is 0.0273. The first-order valence-corrected chi connectivity index (χ1v) is 11.2. The van der Waals surface area contributed by atoms with E-state index in [0.29, 0.717) is 29.8 Å². The SMILES string of the molecule is CC(C)(C)OC(=O)N1CCC=C(c2ccc3ncnc(Nc4ccc(Cl)c(Cl)c4F)c3c2)C1. The average molecular weight is 489 g/mol. The van der Waals surface area contributed by atoms with Gasteiger partial charge in [-0.1, -0.05) is 35.3 Å². The summed E-state index contributed by atoms with van der Waals surface area (Å²) in [4.78, 5) is 22.8. The summed E-state index contributed by atoms with van der Waals surface area (Å²) in [6.07, 6.45) is 3.90. The van der Waals surface area contributed by atoms with Crippen molar-refractivity contribution in [1.29, 1.82) is 0 Å². The summed E-state index contributed by atoms with van der Waals surface area (Å²) in [5.41, 5.74) is 2.20. The Morgan fingerprint density at radius 1 is 1.18 bits per heavy atom. The van der Waals surface area contributed by atoms with Crippen LogP contribution in [0.1, 0.15) is 32.8 Å². The number of carbonyl (C=O) groups is 1. The lowest BCUT2D eigenvalue weighted by atomic mass is 9.99. The molecule has 1 N–H and O–H groups in total. The second-order valence-corrected chi connectivity index (χ2v) is 9.51. The molecule has 0 bridgehead atoms. The van der Waals surface area contributed by atoms with Gasteiger partial charge in [0.05, 0.1) is 21.2 Å². The minimum Gasteiger partial charge on any atom is -0.444 e. The third kappa shape index (κ3) is 5.20. The number of amides is 1. The fourth-order valence-corrected chi connectivity index (χ4v) is 3.85. The summed E-state index contributed by atoms with van der Waals surface area (Å²) in [6, 6.07) is 8.77. The Morgan fingerprint density at radius 2 is 1.97 bits per heavy atom. The van der Waals surface area contributed by atoms with Crippen molar-refractivity contribution in [2.75, 3.05) is 18.4 Å². The first-order chi connectivity index (χ1) is 15.6. The predicted molar refractivity (Wildman–Crippen MR) is 130 cm³/mol. The van der Waals surface area contributed by atoms with E-state index >= 15 is 0 Å². The van der Waals surface area contributed by atoms with Gasteiger partial charge in [-0.15, -0.1) is 0 Å². The zero-order chi connectivity index (χ0) is 23.8. The number of aromatic nitrogens is 2. The van der Waals surface area contributed by atoms with Crippen molar-refractivity contribution in [3.63, 3.8) is 0 Å². The smallest absolute Gasteiger partial charge is 0.410 e. The Hall–Kier alpha value is -2.90. The number of halogens is 3. The Bertz CT molecular complexity index is 1260. The van der Waals surface area contributed by atoms with E-state index in [1.807, 2.05) is 39.0 Å². The minimum absolute atomic E-state index is 0.133. The van der Waals surface area contributed by atoms with Crippen LogP contribution in [0.25, 0.3) is 16.5 Å². The highest BCUT2D eigenvalue weighted by atomic mass is 35.5. The van der Waals surface area contributed by atoms with Crippen LogP contribution >= 0.6 is 23.2 Å². The number of nitrogens with one attached hydrogen (secondary N) is 1. The Morgan fingerprint density at radius 3 is 2.73 bits per heavy atom. The van der Waals surface area contributed by atoms with Gasteiger partial charge >= 0.3 is 6.09 Å². The van der Waals surface area contributed by atoms with Crippen LogP contribution in [0.15, 0.2) is 42.7 Å². The maximum atomic E-state index is 14.6. The van der Waals surface area contributed by atoms with Crippen molar-refractivity contribution in [3.05, 3.63) is 64.2 Å². The minimum atomic E-state index is -0.657. The van der Waals surface area contributed by atoms with Gasteiger partial charge in [-0.3, -0.25) is 0 Å². The molecule has 6 nitrogen and oxygen atoms in total. The number of fused-ring (bicyclic) bond motifs is 1. The van der Waals surface area contributed by atoms with E-state index in [0.717, 1.165) is 17.6 Å². The molecule has 172 valence electrons. The molecule has 1 aliphatic rings. The fraction of sp³-hybridized carbons (Fsp3) is 0.292. The molecule has 1 aliphatic heterocycles. The van der Waals surface area contributed by atoms with Crippen molar-refractivity contribution < 1.29 is 13.9 Å². The third-order valence-corrected chi connectivity index (χ3v) is 5.88. The lowest BCUT2D eigenvalue weighted by Crippen LogP contribution is -2.39. The fourth-order valence-electron chi connectivity index (χ4n) is 3.54.